The maximum atomic E-state index is 6.13. The van der Waals surface area contributed by atoms with Gasteiger partial charge in [0.1, 0.15) is 0 Å². The van der Waals surface area contributed by atoms with Gasteiger partial charge in [-0.05, 0) is 31.2 Å². The van der Waals surface area contributed by atoms with Gasteiger partial charge < -0.3 is 10.6 Å². The number of rotatable bonds is 2. The first kappa shape index (κ1) is 13.3. The fourth-order valence-electron chi connectivity index (χ4n) is 2.15. The fourth-order valence-corrected chi connectivity index (χ4v) is 2.64. The molecule has 3 nitrogen and oxygen atoms in total. The number of nitrogens with zero attached hydrogens (tertiary/aromatic N) is 1. The van der Waals surface area contributed by atoms with Crippen LogP contribution in [0.2, 0.25) is 10.0 Å². The zero-order valence-electron chi connectivity index (χ0n) is 10.8. The molecule has 0 unspecified atom stereocenters. The molecule has 2 aromatic rings. The first-order valence-corrected chi connectivity index (χ1v) is 6.98. The highest BCUT2D eigenvalue weighted by Crippen LogP contribution is 2.34. The molecule has 2 aromatic carbocycles. The van der Waals surface area contributed by atoms with Gasteiger partial charge in [0.25, 0.3) is 0 Å². The summed E-state index contributed by atoms with van der Waals surface area (Å²) in [4.78, 5) is 4.55. The molecular weight excluding hydrogens is 293 g/mol. The zero-order chi connectivity index (χ0) is 14.2. The van der Waals surface area contributed by atoms with Crippen LogP contribution in [0.3, 0.4) is 0 Å². The van der Waals surface area contributed by atoms with Gasteiger partial charge >= 0.3 is 0 Å². The average molecular weight is 306 g/mol. The van der Waals surface area contributed by atoms with Gasteiger partial charge in [0.2, 0.25) is 5.79 Å². The predicted molar refractivity (Wildman–Crippen MR) is 86.1 cm³/mol. The van der Waals surface area contributed by atoms with Gasteiger partial charge in [-0.25, -0.2) is 4.99 Å². The quantitative estimate of drug-likeness (QED) is 0.794. The van der Waals surface area contributed by atoms with Crippen LogP contribution in [0.4, 0.5) is 11.4 Å². The molecule has 0 radical (unpaired) electrons. The van der Waals surface area contributed by atoms with Crippen molar-refractivity contribution >= 4 is 40.8 Å². The van der Waals surface area contributed by atoms with Crippen LogP contribution in [0.25, 0.3) is 0 Å². The molecule has 2 N–H and O–H groups in total. The third-order valence-electron chi connectivity index (χ3n) is 3.13. The molecule has 0 aliphatic carbocycles. The molecule has 0 amide bonds. The van der Waals surface area contributed by atoms with Crippen molar-refractivity contribution in [2.75, 3.05) is 10.6 Å². The summed E-state index contributed by atoms with van der Waals surface area (Å²) in [5.41, 5.74) is 2.77. The number of halogens is 2. The second-order valence-corrected chi connectivity index (χ2v) is 5.58. The average Bonchev–Trinajstić information content (AvgIpc) is 2.74. The Labute approximate surface area is 127 Å². The minimum atomic E-state index is -0.605. The Morgan fingerprint density at radius 1 is 0.950 bits per heavy atom. The lowest BCUT2D eigenvalue weighted by molar-refractivity contribution is 0.643. The summed E-state index contributed by atoms with van der Waals surface area (Å²) in [7, 11) is 0. The van der Waals surface area contributed by atoms with E-state index < -0.39 is 5.79 Å². The van der Waals surface area contributed by atoms with Gasteiger partial charge in [-0.2, -0.15) is 0 Å². The smallest absolute Gasteiger partial charge is 0.202 e. The minimum Gasteiger partial charge on any atom is -0.343 e. The van der Waals surface area contributed by atoms with Crippen LogP contribution in [-0.2, 0) is 0 Å². The van der Waals surface area contributed by atoms with Crippen LogP contribution in [0.15, 0.2) is 47.5 Å². The third-order valence-corrected chi connectivity index (χ3v) is 3.79. The monoisotopic (exact) mass is 305 g/mol. The van der Waals surface area contributed by atoms with E-state index in [9.17, 15) is 0 Å². The molecule has 20 heavy (non-hydrogen) atoms. The zero-order valence-corrected chi connectivity index (χ0v) is 12.3. The van der Waals surface area contributed by atoms with Gasteiger partial charge in [0, 0.05) is 11.8 Å². The van der Waals surface area contributed by atoms with E-state index in [2.05, 4.69) is 15.6 Å². The first-order chi connectivity index (χ1) is 9.57. The van der Waals surface area contributed by atoms with Crippen LogP contribution in [0.1, 0.15) is 12.5 Å². The number of benzene rings is 2. The molecule has 1 aliphatic rings. The van der Waals surface area contributed by atoms with Gasteiger partial charge in [0.15, 0.2) is 0 Å². The molecule has 1 aliphatic heterocycles. The minimum absolute atomic E-state index is 0.584. The van der Waals surface area contributed by atoms with Gasteiger partial charge in [0.05, 0.1) is 21.4 Å². The van der Waals surface area contributed by atoms with Gasteiger partial charge in [-0.3, -0.25) is 0 Å². The fraction of sp³-hybridized carbons (Fsp3) is 0.133. The highest BCUT2D eigenvalue weighted by atomic mass is 35.5. The Hall–Kier alpha value is -1.71. The normalized spacial score (nSPS) is 15.8. The summed E-state index contributed by atoms with van der Waals surface area (Å²) in [6.07, 6.45) is 1.69. The molecule has 0 saturated carbocycles. The summed E-state index contributed by atoms with van der Waals surface area (Å²) in [5.74, 6) is -0.605. The lowest BCUT2D eigenvalue weighted by Crippen LogP contribution is -2.36. The third kappa shape index (κ3) is 2.47. The lowest BCUT2D eigenvalue weighted by Gasteiger charge is -2.20. The van der Waals surface area contributed by atoms with E-state index >= 15 is 0 Å². The summed E-state index contributed by atoms with van der Waals surface area (Å²) in [6.45, 7) is 1.95. The van der Waals surface area contributed by atoms with Crippen LogP contribution in [0.5, 0.6) is 0 Å². The molecule has 0 atom stereocenters. The highest BCUT2D eigenvalue weighted by Gasteiger charge is 2.29. The summed E-state index contributed by atoms with van der Waals surface area (Å²) in [5, 5.41) is 7.82. The molecular formula is C15H13Cl2N3. The van der Waals surface area contributed by atoms with Crippen molar-refractivity contribution in [3.8, 4) is 0 Å². The van der Waals surface area contributed by atoms with E-state index in [4.69, 9.17) is 23.2 Å². The van der Waals surface area contributed by atoms with Gasteiger partial charge in [-0.15, -0.1) is 0 Å². The lowest BCUT2D eigenvalue weighted by atomic mass is 10.2. The largest absolute Gasteiger partial charge is 0.343 e. The van der Waals surface area contributed by atoms with Crippen LogP contribution in [-0.4, -0.2) is 12.0 Å². The molecule has 5 heteroatoms. The molecule has 1 heterocycles. The molecule has 0 aromatic heterocycles. The van der Waals surface area contributed by atoms with Crippen molar-refractivity contribution in [3.05, 3.63) is 58.1 Å². The highest BCUT2D eigenvalue weighted by molar-refractivity contribution is 6.38. The molecule has 0 spiro atoms. The molecule has 3 rings (SSSR count). The Bertz CT molecular complexity index is 637. The second kappa shape index (κ2) is 5.00. The second-order valence-electron chi connectivity index (χ2n) is 4.76. The van der Waals surface area contributed by atoms with Crippen LogP contribution in [0, 0.1) is 0 Å². The number of fused-ring (bicyclic) bond motifs is 1. The maximum Gasteiger partial charge on any atom is 0.202 e. The first-order valence-electron chi connectivity index (χ1n) is 6.22. The van der Waals surface area contributed by atoms with Crippen molar-refractivity contribution in [1.82, 2.24) is 0 Å². The Morgan fingerprint density at radius 2 is 1.50 bits per heavy atom. The topological polar surface area (TPSA) is 36.4 Å². The molecule has 0 bridgehead atoms. The van der Waals surface area contributed by atoms with E-state index in [1.807, 2.05) is 37.3 Å². The summed E-state index contributed by atoms with van der Waals surface area (Å²) >= 11 is 12.3. The Balaban J connectivity index is 1.87. The van der Waals surface area contributed by atoms with Crippen molar-refractivity contribution in [2.24, 2.45) is 4.99 Å². The SMILES string of the molecule is CC1(N=Cc2c(Cl)cccc2Cl)Nc2ccccc2N1. The van der Waals surface area contributed by atoms with Crippen molar-refractivity contribution in [3.63, 3.8) is 0 Å². The van der Waals surface area contributed by atoms with Crippen molar-refractivity contribution < 1.29 is 0 Å². The Kier molecular flexibility index (Phi) is 3.32. The van der Waals surface area contributed by atoms with E-state index in [0.717, 1.165) is 16.9 Å². The van der Waals surface area contributed by atoms with E-state index in [-0.39, 0.29) is 0 Å². The predicted octanol–water partition coefficient (Wildman–Crippen LogP) is 4.62. The van der Waals surface area contributed by atoms with Gasteiger partial charge in [-0.1, -0.05) is 41.4 Å². The standard InChI is InChI=1S/C15H13Cl2N3/c1-15(19-13-7-2-3-8-14(13)20-15)18-9-10-11(16)5-4-6-12(10)17/h2-9,19-20H,1H3. The van der Waals surface area contributed by atoms with Crippen molar-refractivity contribution in [1.29, 1.82) is 0 Å². The number of aliphatic imine (C=N–C) groups is 1. The number of anilines is 2. The number of nitrogens with one attached hydrogen (secondary N) is 2. The van der Waals surface area contributed by atoms with E-state index in [1.54, 1.807) is 18.3 Å². The van der Waals surface area contributed by atoms with Crippen molar-refractivity contribution in [2.45, 2.75) is 12.7 Å². The summed E-state index contributed by atoms with van der Waals surface area (Å²) in [6, 6.07) is 13.4. The maximum absolute atomic E-state index is 6.13. The number of hydrogen-bond donors (Lipinski definition) is 2. The van der Waals surface area contributed by atoms with Crippen LogP contribution < -0.4 is 10.6 Å². The number of hydrogen-bond acceptors (Lipinski definition) is 3. The number of para-hydroxylation sites is 2. The van der Waals surface area contributed by atoms with Crippen LogP contribution >= 0.6 is 23.2 Å². The molecule has 0 fully saturated rings. The van der Waals surface area contributed by atoms with E-state index in [1.165, 1.54) is 0 Å². The molecule has 102 valence electrons. The van der Waals surface area contributed by atoms with E-state index in [0.29, 0.717) is 10.0 Å². The Morgan fingerprint density at radius 3 is 2.05 bits per heavy atom. The summed E-state index contributed by atoms with van der Waals surface area (Å²) < 4.78 is 0. The molecule has 0 saturated heterocycles.